The van der Waals surface area contributed by atoms with E-state index in [2.05, 4.69) is 38.2 Å². The summed E-state index contributed by atoms with van der Waals surface area (Å²) in [4.78, 5) is 34.7. The summed E-state index contributed by atoms with van der Waals surface area (Å²) in [5.41, 5.74) is 5.32. The lowest BCUT2D eigenvalue weighted by molar-refractivity contribution is -0.161. The third-order valence-corrected chi connectivity index (χ3v) is 8.47. The fourth-order valence-corrected chi connectivity index (χ4v) is 5.46. The van der Waals surface area contributed by atoms with Crippen LogP contribution in [0.25, 0.3) is 0 Å². The number of hydrogen-bond acceptors (Lipinski definition) is 8. The SMILES string of the molecule is CC/C=C/C=C/C=C/C=C/CCCCCC(=O)OC(COC(=O)CCCCCCCCC/C=C/CCCCCC)COP(=O)(O)OCCN. The van der Waals surface area contributed by atoms with E-state index in [4.69, 9.17) is 24.3 Å². The second-order valence-corrected chi connectivity index (χ2v) is 13.6. The van der Waals surface area contributed by atoms with Gasteiger partial charge in [-0.2, -0.15) is 0 Å². The zero-order valence-electron chi connectivity index (χ0n) is 30.7. The van der Waals surface area contributed by atoms with E-state index in [-0.39, 0.29) is 32.6 Å². The molecule has 0 spiro atoms. The molecule has 2 atom stereocenters. The summed E-state index contributed by atoms with van der Waals surface area (Å²) in [7, 11) is -4.38. The second-order valence-electron chi connectivity index (χ2n) is 12.1. The molecule has 0 heterocycles. The fourth-order valence-electron chi connectivity index (χ4n) is 4.70. The maximum absolute atomic E-state index is 12.5. The van der Waals surface area contributed by atoms with E-state index in [1.165, 1.54) is 51.4 Å². The van der Waals surface area contributed by atoms with Crippen LogP contribution in [0.2, 0.25) is 0 Å². The Hall–Kier alpha value is -2.29. The van der Waals surface area contributed by atoms with E-state index in [1.807, 2.05) is 36.5 Å². The average molecular weight is 710 g/mol. The van der Waals surface area contributed by atoms with Crippen molar-refractivity contribution in [3.05, 3.63) is 60.8 Å². The largest absolute Gasteiger partial charge is 0.472 e. The molecule has 0 amide bonds. The molecule has 0 aromatic carbocycles. The zero-order chi connectivity index (χ0) is 36.1. The van der Waals surface area contributed by atoms with Crippen molar-refractivity contribution in [2.75, 3.05) is 26.4 Å². The van der Waals surface area contributed by atoms with Gasteiger partial charge in [0.25, 0.3) is 0 Å². The summed E-state index contributed by atoms with van der Waals surface area (Å²) in [5, 5.41) is 0. The van der Waals surface area contributed by atoms with Gasteiger partial charge < -0.3 is 20.1 Å². The highest BCUT2D eigenvalue weighted by Gasteiger charge is 2.25. The van der Waals surface area contributed by atoms with Crippen LogP contribution in [0.15, 0.2) is 60.8 Å². The maximum Gasteiger partial charge on any atom is 0.472 e. The van der Waals surface area contributed by atoms with Crippen molar-refractivity contribution < 1.29 is 37.6 Å². The Morgan fingerprint density at radius 2 is 1.14 bits per heavy atom. The van der Waals surface area contributed by atoms with E-state index in [0.717, 1.165) is 57.8 Å². The molecule has 0 aliphatic heterocycles. The predicted octanol–water partition coefficient (Wildman–Crippen LogP) is 10.2. The number of rotatable bonds is 34. The van der Waals surface area contributed by atoms with Crippen LogP contribution in [-0.2, 0) is 32.7 Å². The zero-order valence-corrected chi connectivity index (χ0v) is 31.5. The average Bonchev–Trinajstić information content (AvgIpc) is 3.08. The number of carbonyl (C=O) groups excluding carboxylic acids is 2. The molecule has 2 unspecified atom stereocenters. The third kappa shape index (κ3) is 35.3. The number of ether oxygens (including phenoxy) is 2. The molecule has 0 aromatic rings. The Bertz CT molecular complexity index is 992. The first-order chi connectivity index (χ1) is 23.8. The summed E-state index contributed by atoms with van der Waals surface area (Å²) < 4.78 is 32.6. The van der Waals surface area contributed by atoms with Crippen LogP contribution in [-0.4, -0.2) is 49.3 Å². The molecule has 9 nitrogen and oxygen atoms in total. The smallest absolute Gasteiger partial charge is 0.462 e. The molecule has 10 heteroatoms. The highest BCUT2D eigenvalue weighted by Crippen LogP contribution is 2.43. The lowest BCUT2D eigenvalue weighted by Crippen LogP contribution is -2.29. The van der Waals surface area contributed by atoms with Crippen molar-refractivity contribution in [3.8, 4) is 0 Å². The number of phosphoric ester groups is 1. The number of nitrogens with two attached hydrogens (primary N) is 1. The Kier molecular flexibility index (Phi) is 33.9. The summed E-state index contributed by atoms with van der Waals surface area (Å²) >= 11 is 0. The topological polar surface area (TPSA) is 134 Å². The van der Waals surface area contributed by atoms with E-state index >= 15 is 0 Å². The minimum Gasteiger partial charge on any atom is -0.462 e. The van der Waals surface area contributed by atoms with Crippen molar-refractivity contribution in [2.24, 2.45) is 5.73 Å². The van der Waals surface area contributed by atoms with Crippen molar-refractivity contribution in [1.29, 1.82) is 0 Å². The molecule has 0 aliphatic rings. The fraction of sp³-hybridized carbons (Fsp3) is 0.692. The Balaban J connectivity index is 4.30. The van der Waals surface area contributed by atoms with Gasteiger partial charge in [-0.3, -0.25) is 18.6 Å². The molecule has 0 rings (SSSR count). The maximum atomic E-state index is 12.5. The number of hydrogen-bond donors (Lipinski definition) is 2. The van der Waals surface area contributed by atoms with Gasteiger partial charge in [-0.15, -0.1) is 0 Å². The van der Waals surface area contributed by atoms with Gasteiger partial charge in [0.1, 0.15) is 6.61 Å². The molecule has 0 radical (unpaired) electrons. The minimum absolute atomic E-state index is 0.0433. The van der Waals surface area contributed by atoms with Gasteiger partial charge >= 0.3 is 19.8 Å². The molecule has 282 valence electrons. The van der Waals surface area contributed by atoms with Crippen LogP contribution >= 0.6 is 7.82 Å². The highest BCUT2D eigenvalue weighted by atomic mass is 31.2. The first-order valence-corrected chi connectivity index (χ1v) is 20.3. The summed E-state index contributed by atoms with van der Waals surface area (Å²) in [6.45, 7) is 3.50. The van der Waals surface area contributed by atoms with Crippen molar-refractivity contribution in [2.45, 2.75) is 148 Å². The predicted molar refractivity (Wildman–Crippen MR) is 201 cm³/mol. The molecule has 0 fully saturated rings. The van der Waals surface area contributed by atoms with Crippen LogP contribution < -0.4 is 5.73 Å². The quantitative estimate of drug-likeness (QED) is 0.0220. The van der Waals surface area contributed by atoms with Gasteiger partial charge in [0.05, 0.1) is 13.2 Å². The Morgan fingerprint density at radius 3 is 1.76 bits per heavy atom. The second kappa shape index (κ2) is 35.5. The first kappa shape index (κ1) is 46.7. The molecule has 0 saturated heterocycles. The van der Waals surface area contributed by atoms with Crippen molar-refractivity contribution in [3.63, 3.8) is 0 Å². The molecular formula is C39H68NO8P. The van der Waals surface area contributed by atoms with Crippen LogP contribution in [0.1, 0.15) is 142 Å². The molecular weight excluding hydrogens is 641 g/mol. The monoisotopic (exact) mass is 709 g/mol. The van der Waals surface area contributed by atoms with Crippen molar-refractivity contribution in [1.82, 2.24) is 0 Å². The third-order valence-electron chi connectivity index (χ3n) is 7.48. The number of unbranched alkanes of at least 4 members (excludes halogenated alkanes) is 14. The van der Waals surface area contributed by atoms with E-state index in [1.54, 1.807) is 0 Å². The molecule has 0 aliphatic carbocycles. The molecule has 3 N–H and O–H groups in total. The van der Waals surface area contributed by atoms with E-state index < -0.39 is 32.5 Å². The van der Waals surface area contributed by atoms with Gasteiger partial charge in [-0.1, -0.05) is 132 Å². The summed E-state index contributed by atoms with van der Waals surface area (Å²) in [6.07, 6.45) is 39.7. The molecule has 0 saturated carbocycles. The van der Waals surface area contributed by atoms with Crippen LogP contribution in [0.3, 0.4) is 0 Å². The van der Waals surface area contributed by atoms with Gasteiger partial charge in [0, 0.05) is 19.4 Å². The Labute approximate surface area is 298 Å². The van der Waals surface area contributed by atoms with E-state index in [9.17, 15) is 19.0 Å². The lowest BCUT2D eigenvalue weighted by atomic mass is 10.1. The lowest BCUT2D eigenvalue weighted by Gasteiger charge is -2.19. The van der Waals surface area contributed by atoms with Crippen LogP contribution in [0, 0.1) is 0 Å². The number of esters is 2. The van der Waals surface area contributed by atoms with Gasteiger partial charge in [0.2, 0.25) is 0 Å². The van der Waals surface area contributed by atoms with Crippen LogP contribution in [0.5, 0.6) is 0 Å². The number of phosphoric acid groups is 1. The standard InChI is InChI=1S/C39H68NO8P/c1-3-5-7-9-11-13-15-17-18-20-21-23-25-27-29-31-38(41)45-35-37(36-47-49(43,44)46-34-33-40)48-39(42)32-30-28-26-24-22-19-16-14-12-10-8-6-4-2/h6,8,10,12-16,19,22,37H,3-5,7,9,11,17-18,20-21,23-36,40H2,1-2H3,(H,43,44)/b8-6+,12-10+,15-13+,16-14+,22-19+. The normalized spacial score (nSPS) is 14.1. The van der Waals surface area contributed by atoms with Gasteiger partial charge in [-0.05, 0) is 57.8 Å². The number of allylic oxidation sites excluding steroid dienone is 10. The van der Waals surface area contributed by atoms with Gasteiger partial charge in [0.15, 0.2) is 6.10 Å². The summed E-state index contributed by atoms with van der Waals surface area (Å²) in [5.74, 6) is -0.887. The molecule has 0 bridgehead atoms. The van der Waals surface area contributed by atoms with Gasteiger partial charge in [-0.25, -0.2) is 4.57 Å². The Morgan fingerprint density at radius 1 is 0.633 bits per heavy atom. The minimum atomic E-state index is -4.38. The van der Waals surface area contributed by atoms with E-state index in [0.29, 0.717) is 6.42 Å². The first-order valence-electron chi connectivity index (χ1n) is 18.8. The number of carbonyl (C=O) groups is 2. The highest BCUT2D eigenvalue weighted by molar-refractivity contribution is 7.47. The molecule has 0 aromatic heterocycles. The molecule has 49 heavy (non-hydrogen) atoms. The summed E-state index contributed by atoms with van der Waals surface area (Å²) in [6, 6.07) is 0. The van der Waals surface area contributed by atoms with Crippen LogP contribution in [0.4, 0.5) is 0 Å². The van der Waals surface area contributed by atoms with Crippen molar-refractivity contribution >= 4 is 19.8 Å².